The molecule has 5 heteroatoms. The van der Waals surface area contributed by atoms with Crippen LogP contribution < -0.4 is 9.64 Å². The molecule has 0 aliphatic heterocycles. The summed E-state index contributed by atoms with van der Waals surface area (Å²) >= 11 is 0. The predicted molar refractivity (Wildman–Crippen MR) is 127 cm³/mol. The minimum absolute atomic E-state index is 0.250. The van der Waals surface area contributed by atoms with E-state index in [1.807, 2.05) is 12.1 Å². The molecule has 0 atom stereocenters. The minimum Gasteiger partial charge on any atom is -0.483 e. The normalized spacial score (nSPS) is 10.1. The molecule has 1 heterocycles. The summed E-state index contributed by atoms with van der Waals surface area (Å²) in [6.45, 7) is 6.76. The summed E-state index contributed by atoms with van der Waals surface area (Å²) in [6.07, 6.45) is 2.29. The van der Waals surface area contributed by atoms with Crippen LogP contribution in [0.1, 0.15) is 35.6 Å². The molecule has 0 aliphatic carbocycles. The Bertz CT molecular complexity index is 959. The van der Waals surface area contributed by atoms with Crippen LogP contribution in [-0.4, -0.2) is 30.7 Å². The van der Waals surface area contributed by atoms with E-state index in [0.717, 1.165) is 17.7 Å². The van der Waals surface area contributed by atoms with Crippen LogP contribution in [-0.2, 0) is 17.8 Å². The van der Waals surface area contributed by atoms with Crippen LogP contribution >= 0.6 is 0 Å². The minimum atomic E-state index is -0.250. The van der Waals surface area contributed by atoms with Gasteiger partial charge in [0.1, 0.15) is 6.61 Å². The summed E-state index contributed by atoms with van der Waals surface area (Å²) in [5, 5.41) is 6.89. The van der Waals surface area contributed by atoms with Gasteiger partial charge in [0.25, 0.3) is 6.47 Å². The molecule has 31 heavy (non-hydrogen) atoms. The van der Waals surface area contributed by atoms with Gasteiger partial charge in [0.2, 0.25) is 5.88 Å². The lowest BCUT2D eigenvalue weighted by Crippen LogP contribution is -2.09. The summed E-state index contributed by atoms with van der Waals surface area (Å²) in [7, 11) is 4.13. The number of ether oxygens (including phenoxy) is 1. The fourth-order valence-electron chi connectivity index (χ4n) is 3.49. The first-order valence-corrected chi connectivity index (χ1v) is 10.4. The van der Waals surface area contributed by atoms with Crippen LogP contribution in [0.3, 0.4) is 0 Å². The molecule has 0 amide bonds. The van der Waals surface area contributed by atoms with Crippen molar-refractivity contribution in [2.24, 2.45) is 0 Å². The highest BCUT2D eigenvalue weighted by Gasteiger charge is 2.11. The molecular weight excluding hydrogens is 388 g/mol. The number of hydrogen-bond acceptors (Lipinski definition) is 4. The van der Waals surface area contributed by atoms with Crippen LogP contribution in [0.4, 0.5) is 5.69 Å². The number of aromatic nitrogens is 1. The zero-order chi connectivity index (χ0) is 22.8. The second-order valence-corrected chi connectivity index (χ2v) is 7.67. The Balaban J connectivity index is 0.00000107. The highest BCUT2D eigenvalue weighted by Crippen LogP contribution is 2.30. The van der Waals surface area contributed by atoms with Gasteiger partial charge in [-0.15, -0.1) is 0 Å². The summed E-state index contributed by atoms with van der Waals surface area (Å²) in [4.78, 5) is 15.3. The van der Waals surface area contributed by atoms with E-state index < -0.39 is 0 Å². The number of rotatable bonds is 7. The Labute approximate surface area is 185 Å². The van der Waals surface area contributed by atoms with Crippen molar-refractivity contribution < 1.29 is 14.6 Å². The van der Waals surface area contributed by atoms with Crippen molar-refractivity contribution in [3.05, 3.63) is 76.9 Å². The SMILES string of the molecule is CCCc1ccc(COc2cccc(-c3c(C)cc(N(C)C)cc3C)n2)cc1.O=CO. The van der Waals surface area contributed by atoms with Crippen LogP contribution in [0.2, 0.25) is 0 Å². The zero-order valence-corrected chi connectivity index (χ0v) is 19.1. The van der Waals surface area contributed by atoms with Crippen LogP contribution in [0, 0.1) is 13.8 Å². The zero-order valence-electron chi connectivity index (χ0n) is 19.1. The molecular formula is C26H32N2O3. The molecule has 0 fully saturated rings. The molecule has 0 bridgehead atoms. The Kier molecular flexibility index (Phi) is 9.07. The molecule has 0 saturated heterocycles. The number of carbonyl (C=O) groups is 1. The number of nitrogens with zero attached hydrogens (tertiary/aromatic N) is 2. The van der Waals surface area contributed by atoms with E-state index >= 15 is 0 Å². The number of carboxylic acid groups (broad SMARTS) is 1. The first-order valence-electron chi connectivity index (χ1n) is 10.4. The fraction of sp³-hybridized carbons (Fsp3) is 0.308. The summed E-state index contributed by atoms with van der Waals surface area (Å²) in [5.74, 6) is 0.658. The van der Waals surface area contributed by atoms with Gasteiger partial charge in [-0.05, 0) is 60.7 Å². The van der Waals surface area contributed by atoms with E-state index in [2.05, 4.69) is 82.2 Å². The molecule has 1 N–H and O–H groups in total. The maximum Gasteiger partial charge on any atom is 0.290 e. The van der Waals surface area contributed by atoms with Gasteiger partial charge in [-0.1, -0.05) is 43.7 Å². The molecule has 1 aromatic heterocycles. The Morgan fingerprint density at radius 3 is 2.13 bits per heavy atom. The molecule has 164 valence electrons. The van der Waals surface area contributed by atoms with Gasteiger partial charge < -0.3 is 14.7 Å². The van der Waals surface area contributed by atoms with Crippen molar-refractivity contribution in [3.63, 3.8) is 0 Å². The van der Waals surface area contributed by atoms with Gasteiger partial charge in [-0.25, -0.2) is 4.98 Å². The predicted octanol–water partition coefficient (Wildman–Crippen LogP) is 5.66. The monoisotopic (exact) mass is 420 g/mol. The molecule has 3 aromatic rings. The Morgan fingerprint density at radius 1 is 1.00 bits per heavy atom. The maximum absolute atomic E-state index is 8.36. The average Bonchev–Trinajstić information content (AvgIpc) is 2.74. The Morgan fingerprint density at radius 2 is 1.58 bits per heavy atom. The van der Waals surface area contributed by atoms with E-state index in [1.165, 1.54) is 34.4 Å². The largest absolute Gasteiger partial charge is 0.483 e. The van der Waals surface area contributed by atoms with E-state index in [0.29, 0.717) is 12.5 Å². The fourth-order valence-corrected chi connectivity index (χ4v) is 3.49. The van der Waals surface area contributed by atoms with Gasteiger partial charge in [0.05, 0.1) is 5.69 Å². The molecule has 0 saturated carbocycles. The molecule has 0 radical (unpaired) electrons. The molecule has 3 rings (SSSR count). The first kappa shape index (κ1) is 23.9. The van der Waals surface area contributed by atoms with E-state index in [4.69, 9.17) is 19.6 Å². The molecule has 2 aromatic carbocycles. The van der Waals surface area contributed by atoms with Crippen LogP contribution in [0.5, 0.6) is 5.88 Å². The van der Waals surface area contributed by atoms with E-state index in [-0.39, 0.29) is 6.47 Å². The number of benzene rings is 2. The highest BCUT2D eigenvalue weighted by atomic mass is 16.5. The average molecular weight is 421 g/mol. The van der Waals surface area contributed by atoms with Crippen molar-refractivity contribution >= 4 is 12.2 Å². The number of anilines is 1. The second-order valence-electron chi connectivity index (χ2n) is 7.67. The second kappa shape index (κ2) is 11.7. The van der Waals surface area contributed by atoms with Gasteiger partial charge >= 0.3 is 0 Å². The maximum atomic E-state index is 8.36. The third kappa shape index (κ3) is 6.85. The number of aryl methyl sites for hydroxylation is 3. The third-order valence-corrected chi connectivity index (χ3v) is 4.96. The number of pyridine rings is 1. The standard InChI is InChI=1S/C25H30N2O.CH2O2/c1-6-8-20-11-13-21(14-12-20)17-28-24-10-7-9-23(26-24)25-18(2)15-22(27(4)5)16-19(25)3;2-1-3/h7,9-16H,6,8,17H2,1-5H3;1H,(H,2,3). The first-order chi connectivity index (χ1) is 14.9. The summed E-state index contributed by atoms with van der Waals surface area (Å²) < 4.78 is 5.98. The smallest absolute Gasteiger partial charge is 0.290 e. The van der Waals surface area contributed by atoms with Crippen LogP contribution in [0.15, 0.2) is 54.6 Å². The Hall–Kier alpha value is -3.34. The molecule has 5 nitrogen and oxygen atoms in total. The lowest BCUT2D eigenvalue weighted by atomic mass is 9.98. The van der Waals surface area contributed by atoms with Crippen molar-refractivity contribution in [3.8, 4) is 17.1 Å². The van der Waals surface area contributed by atoms with E-state index in [1.54, 1.807) is 0 Å². The van der Waals surface area contributed by atoms with Crippen molar-refractivity contribution in [2.75, 3.05) is 19.0 Å². The molecule has 0 spiro atoms. The van der Waals surface area contributed by atoms with Crippen molar-refractivity contribution in [1.82, 2.24) is 4.98 Å². The van der Waals surface area contributed by atoms with Gasteiger partial charge in [-0.3, -0.25) is 4.79 Å². The quantitative estimate of drug-likeness (QED) is 0.500. The van der Waals surface area contributed by atoms with Gasteiger partial charge in [0, 0.05) is 31.4 Å². The van der Waals surface area contributed by atoms with Crippen LogP contribution in [0.25, 0.3) is 11.3 Å². The molecule has 0 unspecified atom stereocenters. The summed E-state index contributed by atoms with van der Waals surface area (Å²) in [5.41, 5.74) is 8.32. The topological polar surface area (TPSA) is 62.7 Å². The van der Waals surface area contributed by atoms with Gasteiger partial charge in [0.15, 0.2) is 0 Å². The highest BCUT2D eigenvalue weighted by molar-refractivity contribution is 5.71. The molecule has 0 aliphatic rings. The summed E-state index contributed by atoms with van der Waals surface area (Å²) in [6, 6.07) is 19.1. The lowest BCUT2D eigenvalue weighted by molar-refractivity contribution is -0.122. The van der Waals surface area contributed by atoms with Crippen molar-refractivity contribution in [1.29, 1.82) is 0 Å². The van der Waals surface area contributed by atoms with Gasteiger partial charge in [-0.2, -0.15) is 0 Å². The number of hydrogen-bond donors (Lipinski definition) is 1. The lowest BCUT2D eigenvalue weighted by Gasteiger charge is -2.18. The van der Waals surface area contributed by atoms with E-state index in [9.17, 15) is 0 Å². The van der Waals surface area contributed by atoms with Crippen molar-refractivity contribution in [2.45, 2.75) is 40.2 Å². The third-order valence-electron chi connectivity index (χ3n) is 4.96.